The maximum absolute atomic E-state index is 13.4. The summed E-state index contributed by atoms with van der Waals surface area (Å²) in [4.78, 5) is 12.8. The molecule has 0 bridgehead atoms. The third kappa shape index (κ3) is 7.01. The summed E-state index contributed by atoms with van der Waals surface area (Å²) in [5.41, 5.74) is 0.976. The van der Waals surface area contributed by atoms with Crippen LogP contribution >= 0.6 is 0 Å². The van der Waals surface area contributed by atoms with Gasteiger partial charge in [0.15, 0.2) is 0 Å². The fraction of sp³-hybridized carbons (Fsp3) is 0.400. The van der Waals surface area contributed by atoms with E-state index in [1.165, 1.54) is 19.1 Å². The average molecular weight is 523 g/mol. The Kier molecular flexibility index (Phi) is 8.04. The van der Waals surface area contributed by atoms with Gasteiger partial charge in [-0.2, -0.15) is 13.2 Å². The van der Waals surface area contributed by atoms with Crippen molar-refractivity contribution >= 4 is 10.0 Å². The van der Waals surface area contributed by atoms with Gasteiger partial charge in [-0.25, -0.2) is 28.1 Å². The van der Waals surface area contributed by atoms with Crippen molar-refractivity contribution in [1.29, 1.82) is 0 Å². The minimum atomic E-state index is -4.49. The van der Waals surface area contributed by atoms with Crippen LogP contribution in [0.2, 0.25) is 0 Å². The van der Waals surface area contributed by atoms with Crippen molar-refractivity contribution in [2.75, 3.05) is 6.61 Å². The molecule has 2 heterocycles. The largest absolute Gasteiger partial charge is 0.490 e. The van der Waals surface area contributed by atoms with Gasteiger partial charge in [-0.15, -0.1) is 0 Å². The second kappa shape index (κ2) is 10.5. The van der Waals surface area contributed by atoms with Gasteiger partial charge >= 0.3 is 6.18 Å². The summed E-state index contributed by atoms with van der Waals surface area (Å²) in [7, 11) is -4.11. The fourth-order valence-corrected chi connectivity index (χ4v) is 5.10. The van der Waals surface area contributed by atoms with E-state index in [-0.39, 0.29) is 11.5 Å². The summed E-state index contributed by atoms with van der Waals surface area (Å²) < 4.78 is 74.6. The topological polar surface area (TPSA) is 94.1 Å². The predicted octanol–water partition coefficient (Wildman–Crippen LogP) is 5.17. The fourth-order valence-electron chi connectivity index (χ4n) is 3.70. The highest BCUT2D eigenvalue weighted by Crippen LogP contribution is 2.33. The molecule has 0 spiro atoms. The zero-order chi connectivity index (χ0) is 26.7. The summed E-state index contributed by atoms with van der Waals surface area (Å²) in [5.74, 6) is -0.859. The molecule has 0 radical (unpaired) electrons. The molecule has 1 N–H and O–H groups in total. The lowest BCUT2D eigenvalue weighted by molar-refractivity contribution is -0.175. The Labute approximate surface area is 209 Å². The van der Waals surface area contributed by atoms with Crippen LogP contribution in [0.15, 0.2) is 53.6 Å². The number of aryl methyl sites for hydroxylation is 3. The molecule has 2 atom stereocenters. The van der Waals surface area contributed by atoms with Crippen LogP contribution in [0, 0.1) is 26.7 Å². The van der Waals surface area contributed by atoms with Gasteiger partial charge in [0, 0.05) is 6.20 Å². The van der Waals surface area contributed by atoms with Crippen LogP contribution in [0.25, 0.3) is 11.4 Å². The van der Waals surface area contributed by atoms with Crippen LogP contribution in [0.1, 0.15) is 37.4 Å². The van der Waals surface area contributed by atoms with Gasteiger partial charge in [-0.1, -0.05) is 24.6 Å². The van der Waals surface area contributed by atoms with Gasteiger partial charge in [-0.3, -0.25) is 0 Å². The molecule has 3 aromatic rings. The van der Waals surface area contributed by atoms with E-state index < -0.39 is 34.1 Å². The molecule has 2 aromatic heterocycles. The lowest BCUT2D eigenvalue weighted by Crippen LogP contribution is -2.52. The second-order valence-corrected chi connectivity index (χ2v) is 10.9. The molecular formula is C25H29F3N4O3S. The minimum Gasteiger partial charge on any atom is -0.490 e. The first-order valence-corrected chi connectivity index (χ1v) is 12.7. The molecule has 1 unspecified atom stereocenters. The molecule has 0 aliphatic carbocycles. The summed E-state index contributed by atoms with van der Waals surface area (Å²) in [6.07, 6.45) is -3.40. The first-order valence-electron chi connectivity index (χ1n) is 11.3. The standard InChI is InChI=1S/C25H29F3N4O3S/c1-16-6-8-20(9-7-16)36(33,34)32-24(5,14-17(2)25(26,27)28)15-35-23-11-10-21(30-18(23)3)22-12-13-29-19(4)31-22/h6-13,17,32H,14-15H2,1-5H3/t17-,24?/m0/s1. The number of halogens is 3. The lowest BCUT2D eigenvalue weighted by atomic mass is 9.91. The number of nitrogens with zero attached hydrogens (tertiary/aromatic N) is 3. The molecule has 1 aromatic carbocycles. The molecule has 194 valence electrons. The van der Waals surface area contributed by atoms with Crippen LogP contribution in [-0.2, 0) is 10.0 Å². The highest BCUT2D eigenvalue weighted by atomic mass is 32.2. The molecule has 7 nitrogen and oxygen atoms in total. The minimum absolute atomic E-state index is 0.0404. The summed E-state index contributed by atoms with van der Waals surface area (Å²) in [6.45, 7) is 7.34. The molecule has 11 heteroatoms. The van der Waals surface area contributed by atoms with Gasteiger partial charge in [0.2, 0.25) is 10.0 Å². The van der Waals surface area contributed by atoms with Gasteiger partial charge in [-0.05, 0) is 64.4 Å². The molecule has 36 heavy (non-hydrogen) atoms. The Morgan fingerprint density at radius 2 is 1.61 bits per heavy atom. The Balaban J connectivity index is 1.85. The molecule has 0 aliphatic heterocycles. The molecule has 0 saturated heterocycles. The molecule has 0 saturated carbocycles. The number of ether oxygens (including phenoxy) is 1. The number of alkyl halides is 3. The maximum Gasteiger partial charge on any atom is 0.391 e. The van der Waals surface area contributed by atoms with E-state index >= 15 is 0 Å². The van der Waals surface area contributed by atoms with Crippen molar-refractivity contribution in [1.82, 2.24) is 19.7 Å². The number of benzene rings is 1. The highest BCUT2D eigenvalue weighted by Gasteiger charge is 2.43. The monoisotopic (exact) mass is 522 g/mol. The first kappa shape index (κ1) is 27.5. The normalized spacial score (nSPS) is 14.8. The Morgan fingerprint density at radius 3 is 2.19 bits per heavy atom. The third-order valence-corrected chi connectivity index (χ3v) is 7.30. The zero-order valence-electron chi connectivity index (χ0n) is 20.7. The SMILES string of the molecule is Cc1ccc(S(=O)(=O)NC(C)(COc2ccc(-c3ccnc(C)n3)nc2C)C[C@H](C)C(F)(F)F)cc1. The number of aromatic nitrogens is 3. The van der Waals surface area contributed by atoms with E-state index in [0.717, 1.165) is 12.5 Å². The summed E-state index contributed by atoms with van der Waals surface area (Å²) >= 11 is 0. The van der Waals surface area contributed by atoms with Crippen molar-refractivity contribution in [3.63, 3.8) is 0 Å². The first-order chi connectivity index (χ1) is 16.7. The number of sulfonamides is 1. The smallest absolute Gasteiger partial charge is 0.391 e. The molecular weight excluding hydrogens is 493 g/mol. The number of nitrogens with one attached hydrogen (secondary N) is 1. The third-order valence-electron chi connectivity index (χ3n) is 5.65. The van der Waals surface area contributed by atoms with Gasteiger partial charge < -0.3 is 4.74 Å². The van der Waals surface area contributed by atoms with E-state index in [9.17, 15) is 21.6 Å². The van der Waals surface area contributed by atoms with Crippen LogP contribution in [0.5, 0.6) is 5.75 Å². The summed E-state index contributed by atoms with van der Waals surface area (Å²) in [5, 5.41) is 0. The number of hydrogen-bond donors (Lipinski definition) is 1. The van der Waals surface area contributed by atoms with Gasteiger partial charge in [0.05, 0.1) is 33.4 Å². The number of hydrogen-bond acceptors (Lipinski definition) is 6. The van der Waals surface area contributed by atoms with Crippen molar-refractivity contribution in [2.24, 2.45) is 5.92 Å². The average Bonchev–Trinajstić information content (AvgIpc) is 2.77. The Hall–Kier alpha value is -3.05. The quantitative estimate of drug-likeness (QED) is 0.417. The van der Waals surface area contributed by atoms with Crippen LogP contribution in [0.3, 0.4) is 0 Å². The molecule has 0 amide bonds. The zero-order valence-corrected chi connectivity index (χ0v) is 21.5. The second-order valence-electron chi connectivity index (χ2n) is 9.18. The van der Waals surface area contributed by atoms with E-state index in [1.807, 2.05) is 0 Å². The lowest BCUT2D eigenvalue weighted by Gasteiger charge is -2.33. The summed E-state index contributed by atoms with van der Waals surface area (Å²) in [6, 6.07) is 11.1. The van der Waals surface area contributed by atoms with Crippen molar-refractivity contribution < 1.29 is 26.3 Å². The molecule has 3 rings (SSSR count). The maximum atomic E-state index is 13.4. The van der Waals surface area contributed by atoms with E-state index in [2.05, 4.69) is 19.7 Å². The Bertz CT molecular complexity index is 1310. The van der Waals surface area contributed by atoms with Crippen molar-refractivity contribution in [2.45, 2.75) is 57.7 Å². The van der Waals surface area contributed by atoms with E-state index in [1.54, 1.807) is 57.3 Å². The van der Waals surface area contributed by atoms with Crippen molar-refractivity contribution in [3.05, 3.63) is 65.7 Å². The molecule has 0 aliphatic rings. The van der Waals surface area contributed by atoms with Crippen LogP contribution in [0.4, 0.5) is 13.2 Å². The Morgan fingerprint density at radius 1 is 0.972 bits per heavy atom. The molecule has 0 fully saturated rings. The van der Waals surface area contributed by atoms with Gasteiger partial charge in [0.1, 0.15) is 18.2 Å². The number of pyridine rings is 1. The van der Waals surface area contributed by atoms with Crippen LogP contribution < -0.4 is 9.46 Å². The van der Waals surface area contributed by atoms with E-state index in [0.29, 0.717) is 28.7 Å². The van der Waals surface area contributed by atoms with Crippen molar-refractivity contribution in [3.8, 4) is 17.1 Å². The predicted molar refractivity (Wildman–Crippen MR) is 130 cm³/mol. The van der Waals surface area contributed by atoms with Gasteiger partial charge in [0.25, 0.3) is 0 Å². The number of rotatable bonds is 9. The van der Waals surface area contributed by atoms with Crippen LogP contribution in [-0.4, -0.2) is 41.7 Å². The highest BCUT2D eigenvalue weighted by molar-refractivity contribution is 7.89. The van der Waals surface area contributed by atoms with E-state index in [4.69, 9.17) is 4.74 Å².